The van der Waals surface area contributed by atoms with E-state index in [2.05, 4.69) is 10.6 Å². The summed E-state index contributed by atoms with van der Waals surface area (Å²) in [6.45, 7) is 5.66. The molecule has 0 radical (unpaired) electrons. The molecule has 2 rings (SSSR count). The van der Waals surface area contributed by atoms with Gasteiger partial charge >= 0.3 is 6.03 Å². The van der Waals surface area contributed by atoms with Crippen molar-refractivity contribution >= 4 is 11.9 Å². The highest BCUT2D eigenvalue weighted by molar-refractivity contribution is 5.94. The highest BCUT2D eigenvalue weighted by Gasteiger charge is 2.34. The van der Waals surface area contributed by atoms with E-state index in [-0.39, 0.29) is 5.91 Å². The Bertz CT molecular complexity index is 553. The first-order valence-electron chi connectivity index (χ1n) is 8.53. The fraction of sp³-hybridized carbons (Fsp3) is 0.556. The lowest BCUT2D eigenvalue weighted by Crippen LogP contribution is -3.13. The van der Waals surface area contributed by atoms with E-state index in [4.69, 9.17) is 4.74 Å². The van der Waals surface area contributed by atoms with Crippen LogP contribution in [0.25, 0.3) is 0 Å². The number of methoxy groups -OCH3 is 1. The summed E-state index contributed by atoms with van der Waals surface area (Å²) < 4.78 is 5.17. The Hall–Kier alpha value is -2.08. The van der Waals surface area contributed by atoms with Crippen molar-refractivity contribution < 1.29 is 19.2 Å². The minimum atomic E-state index is -0.409. The molecule has 1 atom stereocenters. The SMILES string of the molecule is COc1ccc(C[NH+](CC(=O)NC(=O)NCC(C)C)C2CC2)cc1. The maximum Gasteiger partial charge on any atom is 0.321 e. The van der Waals surface area contributed by atoms with Crippen LogP contribution in [0.1, 0.15) is 32.3 Å². The number of carbonyl (C=O) groups excluding carboxylic acids is 2. The van der Waals surface area contributed by atoms with E-state index >= 15 is 0 Å². The molecular formula is C18H28N3O3+. The first kappa shape index (κ1) is 18.3. The average molecular weight is 334 g/mol. The Labute approximate surface area is 143 Å². The van der Waals surface area contributed by atoms with Crippen molar-refractivity contribution in [2.75, 3.05) is 20.2 Å². The van der Waals surface area contributed by atoms with Gasteiger partial charge in [0.05, 0.1) is 13.2 Å². The average Bonchev–Trinajstić information content (AvgIpc) is 3.38. The lowest BCUT2D eigenvalue weighted by Gasteiger charge is -2.19. The Morgan fingerprint density at radius 2 is 1.92 bits per heavy atom. The number of amides is 3. The summed E-state index contributed by atoms with van der Waals surface area (Å²) in [5.41, 5.74) is 1.16. The molecule has 6 nitrogen and oxygen atoms in total. The Morgan fingerprint density at radius 3 is 2.46 bits per heavy atom. The van der Waals surface area contributed by atoms with Gasteiger partial charge < -0.3 is 15.0 Å². The quantitative estimate of drug-likeness (QED) is 0.656. The topological polar surface area (TPSA) is 71.9 Å². The number of urea groups is 1. The molecule has 0 saturated heterocycles. The number of quaternary nitrogens is 1. The van der Waals surface area contributed by atoms with E-state index in [1.807, 2.05) is 38.1 Å². The molecule has 6 heteroatoms. The molecule has 0 aliphatic heterocycles. The van der Waals surface area contributed by atoms with Crippen molar-refractivity contribution in [1.82, 2.24) is 10.6 Å². The number of imide groups is 1. The van der Waals surface area contributed by atoms with Crippen molar-refractivity contribution in [2.24, 2.45) is 5.92 Å². The van der Waals surface area contributed by atoms with Crippen molar-refractivity contribution in [3.05, 3.63) is 29.8 Å². The zero-order valence-corrected chi connectivity index (χ0v) is 14.7. The van der Waals surface area contributed by atoms with E-state index in [0.717, 1.165) is 30.7 Å². The van der Waals surface area contributed by atoms with Crippen LogP contribution in [0.15, 0.2) is 24.3 Å². The summed E-state index contributed by atoms with van der Waals surface area (Å²) in [5, 5.41) is 5.12. The van der Waals surface area contributed by atoms with Crippen LogP contribution in [-0.4, -0.2) is 38.2 Å². The molecule has 1 aliphatic carbocycles. The summed E-state index contributed by atoms with van der Waals surface area (Å²) in [6.07, 6.45) is 2.27. The van der Waals surface area contributed by atoms with E-state index in [0.29, 0.717) is 25.0 Å². The van der Waals surface area contributed by atoms with Gasteiger partial charge in [-0.1, -0.05) is 13.8 Å². The molecule has 3 amide bonds. The van der Waals surface area contributed by atoms with Crippen LogP contribution in [-0.2, 0) is 11.3 Å². The van der Waals surface area contributed by atoms with Crippen LogP contribution >= 0.6 is 0 Å². The number of ether oxygens (including phenoxy) is 1. The molecule has 3 N–H and O–H groups in total. The molecule has 0 spiro atoms. The summed E-state index contributed by atoms with van der Waals surface area (Å²) in [7, 11) is 1.64. The number of nitrogens with one attached hydrogen (secondary N) is 3. The van der Waals surface area contributed by atoms with Crippen LogP contribution in [0.4, 0.5) is 4.79 Å². The Balaban J connectivity index is 1.84. The first-order valence-corrected chi connectivity index (χ1v) is 8.53. The number of benzene rings is 1. The van der Waals surface area contributed by atoms with Gasteiger partial charge in [-0.25, -0.2) is 4.79 Å². The summed E-state index contributed by atoms with van der Waals surface area (Å²) in [6, 6.07) is 8.01. The maximum absolute atomic E-state index is 12.1. The first-order chi connectivity index (χ1) is 11.5. The lowest BCUT2D eigenvalue weighted by atomic mass is 10.2. The molecule has 0 bridgehead atoms. The van der Waals surface area contributed by atoms with E-state index in [1.165, 1.54) is 4.90 Å². The standard InChI is InChI=1S/C18H27N3O3/c1-13(2)10-19-18(23)20-17(22)12-21(15-6-7-15)11-14-4-8-16(24-3)9-5-14/h4-5,8-9,13,15H,6-7,10-12H2,1-3H3,(H2,19,20,22,23)/p+1. The normalized spacial score (nSPS) is 15.0. The van der Waals surface area contributed by atoms with Gasteiger partial charge in [0.2, 0.25) is 0 Å². The monoisotopic (exact) mass is 334 g/mol. The molecule has 1 fully saturated rings. The third-order valence-corrected chi connectivity index (χ3v) is 4.06. The predicted molar refractivity (Wildman–Crippen MR) is 91.9 cm³/mol. The fourth-order valence-corrected chi connectivity index (χ4v) is 2.57. The predicted octanol–water partition coefficient (Wildman–Crippen LogP) is 0.724. The highest BCUT2D eigenvalue weighted by atomic mass is 16.5. The molecule has 24 heavy (non-hydrogen) atoms. The Morgan fingerprint density at radius 1 is 1.25 bits per heavy atom. The second-order valence-corrected chi connectivity index (χ2v) is 6.79. The number of hydrogen-bond donors (Lipinski definition) is 3. The van der Waals surface area contributed by atoms with Crippen molar-refractivity contribution in [3.63, 3.8) is 0 Å². The van der Waals surface area contributed by atoms with Crippen LogP contribution < -0.4 is 20.3 Å². The van der Waals surface area contributed by atoms with Crippen LogP contribution in [0.2, 0.25) is 0 Å². The molecule has 1 unspecified atom stereocenters. The lowest BCUT2D eigenvalue weighted by molar-refractivity contribution is -0.917. The van der Waals surface area contributed by atoms with Crippen molar-refractivity contribution in [2.45, 2.75) is 39.3 Å². The minimum absolute atomic E-state index is 0.230. The molecule has 0 aromatic heterocycles. The van der Waals surface area contributed by atoms with Gasteiger partial charge in [-0.15, -0.1) is 0 Å². The number of hydrogen-bond acceptors (Lipinski definition) is 3. The van der Waals surface area contributed by atoms with Gasteiger partial charge in [-0.3, -0.25) is 10.1 Å². The van der Waals surface area contributed by atoms with Gasteiger partial charge in [0.1, 0.15) is 12.3 Å². The molecule has 132 valence electrons. The summed E-state index contributed by atoms with van der Waals surface area (Å²) >= 11 is 0. The molecular weight excluding hydrogens is 306 g/mol. The minimum Gasteiger partial charge on any atom is -0.497 e. The molecule has 1 aromatic rings. The second-order valence-electron chi connectivity index (χ2n) is 6.79. The Kier molecular flexibility index (Phi) is 6.61. The molecule has 1 aromatic carbocycles. The zero-order chi connectivity index (χ0) is 17.5. The number of carbonyl (C=O) groups is 2. The maximum atomic E-state index is 12.1. The highest BCUT2D eigenvalue weighted by Crippen LogP contribution is 2.16. The van der Waals surface area contributed by atoms with Crippen LogP contribution in [0.5, 0.6) is 5.75 Å². The fourth-order valence-electron chi connectivity index (χ4n) is 2.57. The van der Waals surface area contributed by atoms with Gasteiger partial charge in [0.15, 0.2) is 6.54 Å². The number of rotatable bonds is 8. The summed E-state index contributed by atoms with van der Waals surface area (Å²) in [5.74, 6) is 0.951. The van der Waals surface area contributed by atoms with Gasteiger partial charge in [-0.2, -0.15) is 0 Å². The zero-order valence-electron chi connectivity index (χ0n) is 14.7. The molecule has 1 aliphatic rings. The van der Waals surface area contributed by atoms with Crippen molar-refractivity contribution in [3.8, 4) is 5.75 Å². The van der Waals surface area contributed by atoms with Crippen molar-refractivity contribution in [1.29, 1.82) is 0 Å². The van der Waals surface area contributed by atoms with E-state index < -0.39 is 6.03 Å². The van der Waals surface area contributed by atoms with E-state index in [1.54, 1.807) is 7.11 Å². The van der Waals surface area contributed by atoms with Gasteiger partial charge in [-0.05, 0) is 30.2 Å². The third kappa shape index (κ3) is 6.20. The van der Waals surface area contributed by atoms with Gasteiger partial charge in [0.25, 0.3) is 5.91 Å². The molecule has 1 saturated carbocycles. The smallest absolute Gasteiger partial charge is 0.321 e. The summed E-state index contributed by atoms with van der Waals surface area (Å²) in [4.78, 5) is 25.0. The molecule has 0 heterocycles. The largest absolute Gasteiger partial charge is 0.497 e. The third-order valence-electron chi connectivity index (χ3n) is 4.06. The second kappa shape index (κ2) is 8.68. The van der Waals surface area contributed by atoms with Crippen LogP contribution in [0.3, 0.4) is 0 Å². The van der Waals surface area contributed by atoms with Gasteiger partial charge in [0, 0.05) is 24.9 Å². The van der Waals surface area contributed by atoms with Crippen LogP contribution in [0, 0.1) is 5.92 Å². The van der Waals surface area contributed by atoms with E-state index in [9.17, 15) is 9.59 Å².